The largest absolute Gasteiger partial charge is 0.398 e. The molecule has 0 spiro atoms. The van der Waals surface area contributed by atoms with Gasteiger partial charge in [-0.05, 0) is 29.5 Å². The number of nitrogens with two attached hydrogens (primary N) is 1. The van der Waals surface area contributed by atoms with E-state index < -0.39 is 0 Å². The molecule has 0 saturated heterocycles. The van der Waals surface area contributed by atoms with Crippen LogP contribution in [0.3, 0.4) is 0 Å². The lowest BCUT2D eigenvalue weighted by Crippen LogP contribution is -1.91. The first-order valence-electron chi connectivity index (χ1n) is 4.10. The first kappa shape index (κ1) is 8.53. The van der Waals surface area contributed by atoms with Crippen molar-refractivity contribution < 1.29 is 5.11 Å². The second-order valence-electron chi connectivity index (χ2n) is 3.09. The van der Waals surface area contributed by atoms with Gasteiger partial charge in [-0.25, -0.2) is 0 Å². The number of rotatable bonds is 1. The summed E-state index contributed by atoms with van der Waals surface area (Å²) < 4.78 is 1.15. The number of nitrogen functional groups attached to an aromatic ring is 1. The van der Waals surface area contributed by atoms with Crippen LogP contribution in [0, 0.1) is 6.92 Å². The topological polar surface area (TPSA) is 46.2 Å². The summed E-state index contributed by atoms with van der Waals surface area (Å²) in [5.41, 5.74) is 8.73. The molecule has 0 bridgehead atoms. The summed E-state index contributed by atoms with van der Waals surface area (Å²) in [7, 11) is 0. The van der Waals surface area contributed by atoms with Crippen LogP contribution in [0.4, 0.5) is 5.69 Å². The van der Waals surface area contributed by atoms with E-state index in [2.05, 4.69) is 0 Å². The summed E-state index contributed by atoms with van der Waals surface area (Å²) in [6.45, 7) is 2.04. The zero-order valence-corrected chi connectivity index (χ0v) is 8.19. The summed E-state index contributed by atoms with van der Waals surface area (Å²) in [5, 5.41) is 12.1. The molecular formula is C10H11NOS. The average Bonchev–Trinajstić information content (AvgIpc) is 2.55. The first-order valence-corrected chi connectivity index (χ1v) is 4.98. The van der Waals surface area contributed by atoms with E-state index in [9.17, 15) is 0 Å². The molecule has 0 radical (unpaired) electrons. The quantitative estimate of drug-likeness (QED) is 0.682. The van der Waals surface area contributed by atoms with Gasteiger partial charge in [-0.1, -0.05) is 6.07 Å². The Morgan fingerprint density at radius 2 is 2.23 bits per heavy atom. The molecule has 0 atom stereocenters. The first-order chi connectivity index (χ1) is 6.24. The van der Waals surface area contributed by atoms with Gasteiger partial charge < -0.3 is 10.8 Å². The lowest BCUT2D eigenvalue weighted by molar-refractivity contribution is 0.284. The Bertz CT molecular complexity index is 447. The second-order valence-corrected chi connectivity index (χ2v) is 4.00. The van der Waals surface area contributed by atoms with Crippen molar-refractivity contribution in [2.45, 2.75) is 13.5 Å². The third-order valence-electron chi connectivity index (χ3n) is 2.24. The van der Waals surface area contributed by atoms with Crippen LogP contribution in [0.2, 0.25) is 0 Å². The molecule has 1 heterocycles. The third kappa shape index (κ3) is 1.20. The molecule has 0 aliphatic rings. The molecule has 2 aromatic rings. The number of aliphatic hydroxyl groups excluding tert-OH is 1. The molecule has 1 aromatic heterocycles. The van der Waals surface area contributed by atoms with Crippen LogP contribution in [0.1, 0.15) is 11.1 Å². The number of anilines is 1. The van der Waals surface area contributed by atoms with E-state index in [4.69, 9.17) is 10.8 Å². The van der Waals surface area contributed by atoms with Gasteiger partial charge in [0.2, 0.25) is 0 Å². The van der Waals surface area contributed by atoms with Gasteiger partial charge in [0.05, 0.1) is 6.61 Å². The van der Waals surface area contributed by atoms with Crippen molar-refractivity contribution in [2.24, 2.45) is 0 Å². The number of aliphatic hydroxyl groups is 1. The van der Waals surface area contributed by atoms with Crippen molar-refractivity contribution in [2.75, 3.05) is 5.73 Å². The van der Waals surface area contributed by atoms with Crippen molar-refractivity contribution >= 4 is 27.1 Å². The molecule has 68 valence electrons. The lowest BCUT2D eigenvalue weighted by Gasteiger charge is -2.02. The predicted molar refractivity (Wildman–Crippen MR) is 56.9 cm³/mol. The minimum atomic E-state index is 0.0631. The van der Waals surface area contributed by atoms with Gasteiger partial charge >= 0.3 is 0 Å². The number of aryl methyl sites for hydroxylation is 1. The minimum absolute atomic E-state index is 0.0631. The molecule has 13 heavy (non-hydrogen) atoms. The smallest absolute Gasteiger partial charge is 0.0696 e. The Labute approximate surface area is 80.6 Å². The van der Waals surface area contributed by atoms with Crippen molar-refractivity contribution in [3.63, 3.8) is 0 Å². The minimum Gasteiger partial charge on any atom is -0.398 e. The van der Waals surface area contributed by atoms with Crippen molar-refractivity contribution in [3.8, 4) is 0 Å². The summed E-state index contributed by atoms with van der Waals surface area (Å²) in [4.78, 5) is 0. The summed E-state index contributed by atoms with van der Waals surface area (Å²) >= 11 is 1.62. The van der Waals surface area contributed by atoms with Gasteiger partial charge in [-0.2, -0.15) is 0 Å². The van der Waals surface area contributed by atoms with Gasteiger partial charge in [0, 0.05) is 15.8 Å². The molecule has 2 rings (SSSR count). The van der Waals surface area contributed by atoms with Crippen LogP contribution < -0.4 is 5.73 Å². The van der Waals surface area contributed by atoms with Crippen LogP contribution >= 0.6 is 11.3 Å². The highest BCUT2D eigenvalue weighted by molar-refractivity contribution is 7.17. The molecule has 0 aliphatic heterocycles. The molecule has 0 saturated carbocycles. The molecule has 0 aliphatic carbocycles. The van der Waals surface area contributed by atoms with E-state index in [1.54, 1.807) is 11.3 Å². The maximum absolute atomic E-state index is 9.09. The fourth-order valence-corrected chi connectivity index (χ4v) is 2.41. The van der Waals surface area contributed by atoms with Crippen molar-refractivity contribution in [1.82, 2.24) is 0 Å². The lowest BCUT2D eigenvalue weighted by atomic mass is 10.1. The Morgan fingerprint density at radius 3 is 2.92 bits per heavy atom. The van der Waals surface area contributed by atoms with Crippen LogP contribution in [-0.4, -0.2) is 5.11 Å². The van der Waals surface area contributed by atoms with Crippen molar-refractivity contribution in [3.05, 3.63) is 28.6 Å². The molecule has 0 amide bonds. The molecule has 0 unspecified atom stereocenters. The fraction of sp³-hybridized carbons (Fsp3) is 0.200. The number of benzene rings is 1. The van der Waals surface area contributed by atoms with E-state index in [1.807, 2.05) is 24.4 Å². The number of fused-ring (bicyclic) bond motifs is 1. The van der Waals surface area contributed by atoms with Crippen LogP contribution in [-0.2, 0) is 6.61 Å². The molecule has 1 aromatic carbocycles. The Morgan fingerprint density at radius 1 is 1.46 bits per heavy atom. The van der Waals surface area contributed by atoms with Gasteiger partial charge in [0.15, 0.2) is 0 Å². The summed E-state index contributed by atoms with van der Waals surface area (Å²) in [5.74, 6) is 0. The molecule has 0 fully saturated rings. The van der Waals surface area contributed by atoms with Crippen LogP contribution in [0.5, 0.6) is 0 Å². The van der Waals surface area contributed by atoms with E-state index >= 15 is 0 Å². The molecule has 3 N–H and O–H groups in total. The van der Waals surface area contributed by atoms with Crippen LogP contribution in [0.15, 0.2) is 17.5 Å². The van der Waals surface area contributed by atoms with Gasteiger partial charge in [-0.15, -0.1) is 11.3 Å². The van der Waals surface area contributed by atoms with Gasteiger partial charge in [0.25, 0.3) is 0 Å². The molecule has 3 heteroatoms. The van der Waals surface area contributed by atoms with Gasteiger partial charge in [-0.3, -0.25) is 0 Å². The standard InChI is InChI=1S/C10H11NOS/c1-6-2-3-8-9(10(6)11)7(4-12)5-13-8/h2-3,5,12H,4,11H2,1H3. The van der Waals surface area contributed by atoms with Crippen LogP contribution in [0.25, 0.3) is 10.1 Å². The summed E-state index contributed by atoms with van der Waals surface area (Å²) in [6, 6.07) is 4.06. The molecule has 2 nitrogen and oxygen atoms in total. The van der Waals surface area contributed by atoms with E-state index in [1.165, 1.54) is 0 Å². The SMILES string of the molecule is Cc1ccc2scc(CO)c2c1N. The Hall–Kier alpha value is -1.06. The van der Waals surface area contributed by atoms with E-state index in [0.717, 1.165) is 26.9 Å². The van der Waals surface area contributed by atoms with E-state index in [0.29, 0.717) is 0 Å². The monoisotopic (exact) mass is 193 g/mol. The summed E-state index contributed by atoms with van der Waals surface area (Å²) in [6.07, 6.45) is 0. The highest BCUT2D eigenvalue weighted by Gasteiger charge is 2.07. The fourth-order valence-electron chi connectivity index (χ4n) is 1.44. The third-order valence-corrected chi connectivity index (χ3v) is 3.24. The van der Waals surface area contributed by atoms with Gasteiger partial charge in [0.1, 0.15) is 0 Å². The average molecular weight is 193 g/mol. The number of thiophene rings is 1. The normalized spacial score (nSPS) is 10.9. The highest BCUT2D eigenvalue weighted by atomic mass is 32.1. The number of hydrogen-bond donors (Lipinski definition) is 2. The highest BCUT2D eigenvalue weighted by Crippen LogP contribution is 2.32. The Kier molecular flexibility index (Phi) is 1.98. The number of hydrogen-bond acceptors (Lipinski definition) is 3. The molecular weight excluding hydrogens is 182 g/mol. The second kappa shape index (κ2) is 3.01. The Balaban J connectivity index is 2.85. The van der Waals surface area contributed by atoms with E-state index in [-0.39, 0.29) is 6.61 Å². The maximum atomic E-state index is 9.09. The predicted octanol–water partition coefficient (Wildman–Crippen LogP) is 2.28. The van der Waals surface area contributed by atoms with Crippen molar-refractivity contribution in [1.29, 1.82) is 0 Å². The zero-order valence-electron chi connectivity index (χ0n) is 7.37. The maximum Gasteiger partial charge on any atom is 0.0696 e. The zero-order chi connectivity index (χ0) is 9.42.